The highest BCUT2D eigenvalue weighted by Crippen LogP contribution is 2.19. The van der Waals surface area contributed by atoms with E-state index in [0.29, 0.717) is 43.6 Å². The minimum absolute atomic E-state index is 0.0778. The van der Waals surface area contributed by atoms with Crippen LogP contribution in [0.4, 0.5) is 11.6 Å². The molecule has 1 heterocycles. The molecule has 2 amide bonds. The summed E-state index contributed by atoms with van der Waals surface area (Å²) in [5.74, 6) is 1.61. The number of nitrogens with zero attached hydrogens (tertiary/aromatic N) is 2. The summed E-state index contributed by atoms with van der Waals surface area (Å²) < 4.78 is 0. The lowest BCUT2D eigenvalue weighted by Crippen LogP contribution is -2.27. The van der Waals surface area contributed by atoms with Gasteiger partial charge in [0.2, 0.25) is 11.8 Å². The first-order valence-electron chi connectivity index (χ1n) is 11.4. The van der Waals surface area contributed by atoms with Gasteiger partial charge in [-0.1, -0.05) is 78.9 Å². The van der Waals surface area contributed by atoms with Gasteiger partial charge in [0.1, 0.15) is 11.6 Å². The first kappa shape index (κ1) is 25.2. The highest BCUT2D eigenvalue weighted by Gasteiger charge is 2.07. The van der Waals surface area contributed by atoms with Crippen molar-refractivity contribution in [1.82, 2.24) is 20.6 Å². The van der Waals surface area contributed by atoms with Gasteiger partial charge in [-0.25, -0.2) is 9.97 Å². The number of allylic oxidation sites excluding steroid dienone is 2. The predicted octanol–water partition coefficient (Wildman–Crippen LogP) is 3.49. The second-order valence-electron chi connectivity index (χ2n) is 7.58. The monoisotopic (exact) mass is 470 g/mol. The van der Waals surface area contributed by atoms with Gasteiger partial charge in [-0.15, -0.1) is 0 Å². The molecular weight excluding hydrogens is 440 g/mol. The molecule has 0 fully saturated rings. The van der Waals surface area contributed by atoms with E-state index in [1.54, 1.807) is 12.1 Å². The Morgan fingerprint density at radius 2 is 1.37 bits per heavy atom. The first-order chi connectivity index (χ1) is 17.1. The van der Waals surface area contributed by atoms with Crippen molar-refractivity contribution in [2.75, 3.05) is 36.8 Å². The van der Waals surface area contributed by atoms with Crippen LogP contribution in [0.5, 0.6) is 0 Å². The Labute approximate surface area is 205 Å². The Bertz CT molecular complexity index is 1150. The van der Waals surface area contributed by atoms with Gasteiger partial charge in [0, 0.05) is 50.8 Å². The quantitative estimate of drug-likeness (QED) is 0.183. The van der Waals surface area contributed by atoms with E-state index in [0.717, 1.165) is 11.1 Å². The van der Waals surface area contributed by atoms with E-state index in [1.165, 1.54) is 13.0 Å². The molecule has 0 spiro atoms. The third kappa shape index (κ3) is 9.51. The summed E-state index contributed by atoms with van der Waals surface area (Å²) in [5, 5.41) is 12.0. The van der Waals surface area contributed by atoms with Crippen LogP contribution >= 0.6 is 0 Å². The lowest BCUT2D eigenvalue weighted by Gasteiger charge is -2.12. The number of carbonyl (C=O) groups is 2. The zero-order valence-electron chi connectivity index (χ0n) is 19.7. The Hall–Kier alpha value is -4.46. The molecular formula is C27H30N6O2. The normalized spacial score (nSPS) is 10.9. The van der Waals surface area contributed by atoms with Crippen molar-refractivity contribution < 1.29 is 9.59 Å². The van der Waals surface area contributed by atoms with E-state index in [-0.39, 0.29) is 11.8 Å². The van der Waals surface area contributed by atoms with E-state index in [1.807, 2.05) is 72.8 Å². The molecule has 3 rings (SSSR count). The molecule has 2 aromatic carbocycles. The van der Waals surface area contributed by atoms with Crippen molar-refractivity contribution in [2.24, 2.45) is 0 Å². The lowest BCUT2D eigenvalue weighted by molar-refractivity contribution is -0.119. The zero-order valence-corrected chi connectivity index (χ0v) is 19.7. The number of hydrogen-bond donors (Lipinski definition) is 4. The number of nitrogens with one attached hydrogen (secondary N) is 4. The molecule has 0 atom stereocenters. The molecule has 0 aliphatic carbocycles. The van der Waals surface area contributed by atoms with Crippen molar-refractivity contribution in [3.63, 3.8) is 0 Å². The summed E-state index contributed by atoms with van der Waals surface area (Å²) in [4.78, 5) is 32.3. The fourth-order valence-electron chi connectivity index (χ4n) is 3.08. The topological polar surface area (TPSA) is 108 Å². The maximum Gasteiger partial charge on any atom is 0.244 e. The fraction of sp³-hybridized carbons (Fsp3) is 0.185. The number of amides is 2. The maximum absolute atomic E-state index is 12.0. The molecule has 0 bridgehead atoms. The predicted molar refractivity (Wildman–Crippen MR) is 141 cm³/mol. The highest BCUT2D eigenvalue weighted by molar-refractivity contribution is 5.87. The summed E-state index contributed by atoms with van der Waals surface area (Å²) in [6.07, 6.45) is 6.98. The first-order valence-corrected chi connectivity index (χ1v) is 11.4. The number of rotatable bonds is 12. The summed E-state index contributed by atoms with van der Waals surface area (Å²) in [5.41, 5.74) is 1.97. The number of hydrogen-bond acceptors (Lipinski definition) is 6. The molecule has 1 aromatic heterocycles. The second kappa shape index (κ2) is 13.9. The average molecular weight is 471 g/mol. The van der Waals surface area contributed by atoms with Gasteiger partial charge in [-0.3, -0.25) is 9.59 Å². The Kier molecular flexibility index (Phi) is 10.0. The summed E-state index contributed by atoms with van der Waals surface area (Å²) in [6, 6.07) is 21.4. The molecule has 3 aromatic rings. The average Bonchev–Trinajstić information content (AvgIpc) is 2.88. The van der Waals surface area contributed by atoms with Crippen LogP contribution in [0.2, 0.25) is 0 Å². The van der Waals surface area contributed by atoms with Crippen LogP contribution in [0.1, 0.15) is 12.5 Å². The van der Waals surface area contributed by atoms with E-state index < -0.39 is 0 Å². The van der Waals surface area contributed by atoms with Gasteiger partial charge in [0.15, 0.2) is 5.82 Å². The van der Waals surface area contributed by atoms with Crippen molar-refractivity contribution in [2.45, 2.75) is 6.92 Å². The molecule has 8 heteroatoms. The van der Waals surface area contributed by atoms with E-state index >= 15 is 0 Å². The molecule has 0 unspecified atom stereocenters. The number of carbonyl (C=O) groups excluding carboxylic acids is 2. The van der Waals surface area contributed by atoms with E-state index in [2.05, 4.69) is 31.2 Å². The molecule has 0 radical (unpaired) electrons. The number of aromatic nitrogens is 2. The Morgan fingerprint density at radius 1 is 0.771 bits per heavy atom. The van der Waals surface area contributed by atoms with Crippen LogP contribution in [0.25, 0.3) is 17.5 Å². The minimum atomic E-state index is -0.169. The Morgan fingerprint density at radius 3 is 2.00 bits per heavy atom. The SMILES string of the molecule is CC(=O)NCCNc1cc(NCCNC(=O)C=CC=Cc2ccccc2)nc(-c2ccccc2)n1. The molecule has 0 aliphatic rings. The lowest BCUT2D eigenvalue weighted by atomic mass is 10.2. The van der Waals surface area contributed by atoms with Crippen LogP contribution in [-0.2, 0) is 9.59 Å². The van der Waals surface area contributed by atoms with Gasteiger partial charge in [-0.05, 0) is 5.56 Å². The fourth-order valence-corrected chi connectivity index (χ4v) is 3.08. The van der Waals surface area contributed by atoms with E-state index in [9.17, 15) is 9.59 Å². The van der Waals surface area contributed by atoms with Crippen molar-refractivity contribution in [3.8, 4) is 11.4 Å². The van der Waals surface area contributed by atoms with Gasteiger partial charge in [-0.2, -0.15) is 0 Å². The van der Waals surface area contributed by atoms with Crippen LogP contribution in [0.3, 0.4) is 0 Å². The van der Waals surface area contributed by atoms with Gasteiger partial charge >= 0.3 is 0 Å². The van der Waals surface area contributed by atoms with Crippen LogP contribution in [-0.4, -0.2) is 48.0 Å². The largest absolute Gasteiger partial charge is 0.368 e. The summed E-state index contributed by atoms with van der Waals surface area (Å²) in [7, 11) is 0. The standard InChI is InChI=1S/C27H30N6O2/c1-21(34)28-16-17-29-24-20-25(33-27(32-24)23-13-6-3-7-14-23)30-18-19-31-26(35)15-9-8-12-22-10-4-2-5-11-22/h2-15,20H,16-19H2,1H3,(H,28,34)(H,31,35)(H2,29,30,32,33). The molecule has 180 valence electrons. The maximum atomic E-state index is 12.0. The minimum Gasteiger partial charge on any atom is -0.368 e. The number of benzene rings is 2. The summed E-state index contributed by atoms with van der Waals surface area (Å²) in [6.45, 7) is 3.43. The second-order valence-corrected chi connectivity index (χ2v) is 7.58. The van der Waals surface area contributed by atoms with E-state index in [4.69, 9.17) is 0 Å². The highest BCUT2D eigenvalue weighted by atomic mass is 16.2. The van der Waals surface area contributed by atoms with Gasteiger partial charge in [0.25, 0.3) is 0 Å². The molecule has 0 saturated carbocycles. The zero-order chi connectivity index (χ0) is 24.7. The van der Waals surface area contributed by atoms with Crippen LogP contribution in [0.15, 0.2) is 85.0 Å². The molecule has 0 aliphatic heterocycles. The smallest absolute Gasteiger partial charge is 0.244 e. The van der Waals surface area contributed by atoms with Gasteiger partial charge in [0.05, 0.1) is 0 Å². The van der Waals surface area contributed by atoms with Gasteiger partial charge < -0.3 is 21.3 Å². The van der Waals surface area contributed by atoms with Crippen molar-refractivity contribution in [1.29, 1.82) is 0 Å². The molecule has 8 nitrogen and oxygen atoms in total. The Balaban J connectivity index is 1.51. The van der Waals surface area contributed by atoms with Crippen LogP contribution in [0, 0.1) is 0 Å². The summed E-state index contributed by atoms with van der Waals surface area (Å²) >= 11 is 0. The van der Waals surface area contributed by atoms with Crippen LogP contribution < -0.4 is 21.3 Å². The van der Waals surface area contributed by atoms with Crippen molar-refractivity contribution >= 4 is 29.5 Å². The third-order valence-electron chi connectivity index (χ3n) is 4.74. The number of anilines is 2. The van der Waals surface area contributed by atoms with Crippen molar-refractivity contribution in [3.05, 3.63) is 90.5 Å². The molecule has 35 heavy (non-hydrogen) atoms. The third-order valence-corrected chi connectivity index (χ3v) is 4.74. The molecule has 4 N–H and O–H groups in total. The molecule has 0 saturated heterocycles.